The van der Waals surface area contributed by atoms with Gasteiger partial charge in [-0.05, 0) is 90.5 Å². The second kappa shape index (κ2) is 22.2. The fourth-order valence-electron chi connectivity index (χ4n) is 7.18. The van der Waals surface area contributed by atoms with Crippen LogP contribution in [0.4, 0.5) is 51.2 Å². The number of phenolic OH excluding ortho intramolecular Hbond substituents is 2. The minimum Gasteiger partial charge on any atom is -0.697 e. The van der Waals surface area contributed by atoms with Gasteiger partial charge in [-0.25, -0.2) is 0 Å². The molecule has 0 atom stereocenters. The number of aromatic hydroxyl groups is 2. The van der Waals surface area contributed by atoms with Gasteiger partial charge < -0.3 is 53.3 Å². The first-order valence-corrected chi connectivity index (χ1v) is 26.0. The van der Waals surface area contributed by atoms with Crippen molar-refractivity contribution in [3.8, 4) is 17.2 Å². The van der Waals surface area contributed by atoms with Gasteiger partial charge in [0.1, 0.15) is 50.3 Å². The van der Waals surface area contributed by atoms with Gasteiger partial charge in [-0.1, -0.05) is 36.4 Å². The molecule has 0 aliphatic heterocycles. The van der Waals surface area contributed by atoms with Crippen LogP contribution in [0, 0.1) is 44.1 Å². The summed E-state index contributed by atoms with van der Waals surface area (Å²) in [6.07, 6.45) is 0. The molecule has 0 aliphatic carbocycles. The van der Waals surface area contributed by atoms with Gasteiger partial charge in [0, 0.05) is 106 Å². The molecule has 8 rings (SSSR count). The first-order chi connectivity index (χ1) is 33.4. The van der Waals surface area contributed by atoms with Crippen molar-refractivity contribution in [3.05, 3.63) is 127 Å². The van der Waals surface area contributed by atoms with Crippen LogP contribution in [0.15, 0.2) is 172 Å². The van der Waals surface area contributed by atoms with Gasteiger partial charge in [-0.15, -0.1) is 26.1 Å². The summed E-state index contributed by atoms with van der Waals surface area (Å²) in [4.78, 5) is -1.83. The van der Waals surface area contributed by atoms with E-state index in [9.17, 15) is 63.5 Å². The zero-order valence-electron chi connectivity index (χ0n) is 37.0. The van der Waals surface area contributed by atoms with Gasteiger partial charge in [0.2, 0.25) is 0 Å². The van der Waals surface area contributed by atoms with E-state index >= 15 is 0 Å². The molecular weight excluding hydrogens is 1300 g/mol. The van der Waals surface area contributed by atoms with Crippen molar-refractivity contribution >= 4 is 125 Å². The van der Waals surface area contributed by atoms with Crippen LogP contribution in [-0.4, -0.2) is 70.1 Å². The van der Waals surface area contributed by atoms with E-state index in [1.54, 1.807) is 19.1 Å². The fourth-order valence-corrected chi connectivity index (χ4v) is 9.64. The Bertz CT molecular complexity index is 3810. The van der Waals surface area contributed by atoms with Crippen LogP contribution in [0.25, 0.3) is 38.1 Å². The molecule has 23 nitrogen and oxygen atoms in total. The summed E-state index contributed by atoms with van der Waals surface area (Å²) >= 11 is 0. The Labute approximate surface area is 463 Å². The molecule has 0 unspecified atom stereocenters. The Morgan fingerprint density at radius 1 is 0.534 bits per heavy atom. The Balaban J connectivity index is 0.00000435. The molecule has 0 saturated heterocycles. The Morgan fingerprint density at radius 3 is 1.84 bits per heavy atom. The van der Waals surface area contributed by atoms with Crippen LogP contribution in [0.5, 0.6) is 17.2 Å². The number of rotatable bonds is 14. The monoisotopic (exact) mass is 1340 g/mol. The molecule has 12 N–H and O–H groups in total. The summed E-state index contributed by atoms with van der Waals surface area (Å²) in [5, 5.41) is 51.7. The number of phenols is 2. The standard InChI is InChI=1S/C44H37N8O15S4.Ac.Cu/c1-2-67-39-22-36(49-47-27-11-13-30-23(15-27)5-3-8-40(30)70(61,62)63)34(45)20-37(39)50-48-35-21-38(53)42(33-19-29(69(58,59)60)12-14-31(33)35)51-52-43-41(71(64,65)66)16-24-9-10-26(18-32(24)44(43)54)46-25-6-4-7-28(17-25)68(55,56)57;;/h3-22H,2H2,1H3,(H12-,45,46,47,48,49,50,51,52,53,54,55,56,57,58,59,60,61,62,63,64,65,66);;/q-1;;. The van der Waals surface area contributed by atoms with Crippen molar-refractivity contribution in [3.63, 3.8) is 0 Å². The Hall–Kier alpha value is -5.42. The van der Waals surface area contributed by atoms with Gasteiger partial charge >= 0.3 is 0 Å². The quantitative estimate of drug-likeness (QED) is 0.0274. The normalized spacial score (nSPS) is 12.9. The van der Waals surface area contributed by atoms with E-state index < -0.39 is 79.5 Å². The minimum absolute atomic E-state index is 0. The van der Waals surface area contributed by atoms with Crippen LogP contribution < -0.4 is 10.1 Å². The first-order valence-electron chi connectivity index (χ1n) is 20.1. The van der Waals surface area contributed by atoms with Crippen LogP contribution in [-0.2, 0) is 37.3 Å². The third kappa shape index (κ3) is 12.7. The molecule has 0 saturated carbocycles. The minimum atomic E-state index is -4.89. The van der Waals surface area contributed by atoms with Crippen LogP contribution in [0.1, 0.15) is 6.92 Å². The van der Waals surface area contributed by atoms with E-state index in [4.69, 9.17) is 10.5 Å². The zero-order valence-corrected chi connectivity index (χ0v) is 45.9. The average molecular weight is 1340 g/mol. The number of nitrogens with zero attached hydrogens (tertiary/aromatic N) is 6. The molecule has 73 heavy (non-hydrogen) atoms. The largest absolute Gasteiger partial charge is 0.697 e. The van der Waals surface area contributed by atoms with Crippen molar-refractivity contribution < 1.29 is 129 Å². The van der Waals surface area contributed by atoms with E-state index in [1.165, 1.54) is 78.9 Å². The number of hydrogen-bond donors (Lipinski definition) is 11. The maximum atomic E-state index is 12.3. The molecule has 8 aromatic rings. The zero-order chi connectivity index (χ0) is 51.2. The molecule has 0 bridgehead atoms. The SMILES string of the molecule is CCOc1cc(N=Nc2ccc3c(S(O)(O)O)cccc3c2)c([NH-])cc1N=Nc1cc(O)c(N=Nc2c(S(O)(O)O)cc3ccc(Nc4cccc(S(=O)(=O)O)c4)cc3c2O)c2cc(S(=O)(=O)O)ccc12.[Ac].[Cu]. The Morgan fingerprint density at radius 2 is 1.15 bits per heavy atom. The summed E-state index contributed by atoms with van der Waals surface area (Å²) in [6.45, 7) is 1.81. The van der Waals surface area contributed by atoms with Crippen molar-refractivity contribution in [2.75, 3.05) is 11.9 Å². The van der Waals surface area contributed by atoms with Crippen molar-refractivity contribution in [1.82, 2.24) is 0 Å². The van der Waals surface area contributed by atoms with E-state index in [-0.39, 0.29) is 134 Å². The molecule has 8 aromatic carbocycles. The van der Waals surface area contributed by atoms with Gasteiger partial charge in [0.15, 0.2) is 5.75 Å². The third-order valence-corrected chi connectivity index (χ3v) is 13.9. The van der Waals surface area contributed by atoms with Gasteiger partial charge in [-0.3, -0.25) is 9.11 Å². The Kier molecular flexibility index (Phi) is 17.3. The second-order valence-electron chi connectivity index (χ2n) is 15.2. The number of anilines is 2. The third-order valence-electron chi connectivity index (χ3n) is 10.4. The topological polar surface area (TPSA) is 390 Å². The van der Waals surface area contributed by atoms with Crippen molar-refractivity contribution in [2.45, 2.75) is 26.5 Å². The van der Waals surface area contributed by atoms with Gasteiger partial charge in [-0.2, -0.15) is 27.1 Å². The maximum absolute atomic E-state index is 12.3. The van der Waals surface area contributed by atoms with Gasteiger partial charge in [0.05, 0.1) is 43.3 Å². The summed E-state index contributed by atoms with van der Waals surface area (Å²) in [5.41, 5.74) is 8.04. The number of fused-ring (bicyclic) bond motifs is 3. The first kappa shape index (κ1) is 56.9. The predicted molar refractivity (Wildman–Crippen MR) is 266 cm³/mol. The molecule has 0 spiro atoms. The van der Waals surface area contributed by atoms with E-state index in [1.807, 2.05) is 0 Å². The summed E-state index contributed by atoms with van der Waals surface area (Å²) in [6, 6.07) is 26.6. The number of benzene rings is 8. The van der Waals surface area contributed by atoms with Crippen molar-refractivity contribution in [1.29, 1.82) is 0 Å². The predicted octanol–water partition coefficient (Wildman–Crippen LogP) is 14.3. The van der Waals surface area contributed by atoms with Crippen molar-refractivity contribution in [2.24, 2.45) is 30.7 Å². The summed E-state index contributed by atoms with van der Waals surface area (Å²) in [5.74, 6) is -1.39. The average Bonchev–Trinajstić information content (AvgIpc) is 3.29. The van der Waals surface area contributed by atoms with E-state index in [0.717, 1.165) is 30.3 Å². The molecule has 0 amide bonds. The molecule has 0 heterocycles. The molecule has 2 radical (unpaired) electrons. The fraction of sp³-hybridized carbons (Fsp3) is 0.0455. The van der Waals surface area contributed by atoms with E-state index in [0.29, 0.717) is 16.5 Å². The molecular formula is C44H37AcCuN8O15S4-. The second-order valence-corrected chi connectivity index (χ2v) is 20.9. The van der Waals surface area contributed by atoms with Gasteiger partial charge in [0.25, 0.3) is 20.2 Å². The molecule has 29 heteroatoms. The molecule has 0 aromatic heterocycles. The van der Waals surface area contributed by atoms with Crippen LogP contribution in [0.3, 0.4) is 0 Å². The maximum Gasteiger partial charge on any atom is 0.294 e. The van der Waals surface area contributed by atoms with Crippen LogP contribution in [0.2, 0.25) is 0 Å². The number of hydrogen-bond acceptors (Lipinski definition) is 20. The number of nitrogens with one attached hydrogen (secondary N) is 2. The number of azo groups is 3. The molecule has 382 valence electrons. The van der Waals surface area contributed by atoms with E-state index in [2.05, 4.69) is 36.0 Å². The molecule has 0 aliphatic rings. The molecule has 0 fully saturated rings. The van der Waals surface area contributed by atoms with Crippen LogP contribution >= 0.6 is 21.7 Å². The smallest absolute Gasteiger partial charge is 0.294 e. The number of ether oxygens (including phenoxy) is 1. The summed E-state index contributed by atoms with van der Waals surface area (Å²) in [7, 11) is -18.1. The summed E-state index contributed by atoms with van der Waals surface area (Å²) < 4.78 is 134.